The summed E-state index contributed by atoms with van der Waals surface area (Å²) in [6.07, 6.45) is 0. The van der Waals surface area contributed by atoms with Crippen LogP contribution < -0.4 is 30.4 Å². The lowest BCUT2D eigenvalue weighted by Gasteiger charge is -2.44. The van der Waals surface area contributed by atoms with E-state index < -0.39 is 0 Å². The molecule has 0 spiro atoms. The van der Waals surface area contributed by atoms with Gasteiger partial charge in [-0.3, -0.25) is 0 Å². The molecule has 0 bridgehead atoms. The van der Waals surface area contributed by atoms with Crippen molar-refractivity contribution >= 4 is 84.9 Å². The first-order chi connectivity index (χ1) is 35.1. The zero-order valence-corrected chi connectivity index (χ0v) is 46.5. The molecule has 0 amide bonds. The summed E-state index contributed by atoms with van der Waals surface area (Å²) in [7, 11) is 0. The second-order valence-electron chi connectivity index (χ2n) is 24.8. The molecule has 9 aromatic rings. The first-order valence-electron chi connectivity index (χ1n) is 26.5. The van der Waals surface area contributed by atoms with Crippen LogP contribution in [-0.4, -0.2) is 6.71 Å². The summed E-state index contributed by atoms with van der Waals surface area (Å²) in [5, 5.41) is 0. The largest absolute Gasteiger partial charge is 0.311 e. The zero-order valence-electron chi connectivity index (χ0n) is 45.7. The fourth-order valence-electron chi connectivity index (χ4n) is 11.2. The fourth-order valence-corrected chi connectivity index (χ4v) is 12.6. The van der Waals surface area contributed by atoms with Crippen LogP contribution in [0.3, 0.4) is 0 Å². The summed E-state index contributed by atoms with van der Waals surface area (Å²) >= 11 is 1.96. The molecule has 0 saturated heterocycles. The Hall–Kier alpha value is -7.08. The van der Waals surface area contributed by atoms with Gasteiger partial charge in [0.25, 0.3) is 6.71 Å². The number of hydrogen-bond donors (Lipinski definition) is 0. The summed E-state index contributed by atoms with van der Waals surface area (Å²) in [6, 6.07) is 71.7. The zero-order chi connectivity index (χ0) is 52.1. The SMILES string of the molecule is Cc1cc2c3c(c1)N(c1ccc(C(C)(C)C)cc1)c1c(sc(-c4ccccc4)c1-c1ccccc1)B3c1ccc(N(c3ccc(C(C)(C)C)cc3)c3ccc(C(C)(C)C)cc3)cc1N2c1ccc(C(C)(C)C)cc1. The summed E-state index contributed by atoms with van der Waals surface area (Å²) in [5.41, 5.74) is 23.5. The third-order valence-corrected chi connectivity index (χ3v) is 16.6. The number of fused-ring (bicyclic) bond motifs is 4. The maximum Gasteiger partial charge on any atom is 0.264 e. The van der Waals surface area contributed by atoms with Crippen molar-refractivity contribution < 1.29 is 0 Å². The average molecular weight is 984 g/mol. The second kappa shape index (κ2) is 18.1. The molecule has 3 heterocycles. The van der Waals surface area contributed by atoms with E-state index >= 15 is 0 Å². The Labute approximate surface area is 446 Å². The molecule has 0 aliphatic carbocycles. The van der Waals surface area contributed by atoms with E-state index in [2.05, 4.69) is 293 Å². The number of benzene rings is 8. The van der Waals surface area contributed by atoms with E-state index in [0.29, 0.717) is 0 Å². The minimum absolute atomic E-state index is 0.0101. The molecule has 370 valence electrons. The molecule has 1 aromatic heterocycles. The van der Waals surface area contributed by atoms with Gasteiger partial charge in [0.15, 0.2) is 0 Å². The Morgan fingerprint density at radius 3 is 1.27 bits per heavy atom. The van der Waals surface area contributed by atoms with E-state index in [-0.39, 0.29) is 28.4 Å². The number of rotatable bonds is 7. The highest BCUT2D eigenvalue weighted by atomic mass is 32.1. The van der Waals surface area contributed by atoms with Crippen LogP contribution in [0.25, 0.3) is 21.6 Å². The van der Waals surface area contributed by atoms with Crippen molar-refractivity contribution in [2.45, 2.75) is 112 Å². The van der Waals surface area contributed by atoms with Gasteiger partial charge in [-0.15, -0.1) is 11.3 Å². The van der Waals surface area contributed by atoms with E-state index in [0.717, 1.165) is 28.4 Å². The topological polar surface area (TPSA) is 9.72 Å². The normalized spacial score (nSPS) is 13.4. The predicted molar refractivity (Wildman–Crippen MR) is 323 cm³/mol. The minimum atomic E-state index is -0.0506. The molecular weight excluding hydrogens is 914 g/mol. The van der Waals surface area contributed by atoms with Crippen LogP contribution in [0.5, 0.6) is 0 Å². The number of hydrogen-bond acceptors (Lipinski definition) is 4. The first-order valence-corrected chi connectivity index (χ1v) is 27.4. The van der Waals surface area contributed by atoms with Gasteiger partial charge in [0.1, 0.15) is 0 Å². The molecule has 0 unspecified atom stereocenters. The lowest BCUT2D eigenvalue weighted by atomic mass is 9.36. The highest BCUT2D eigenvalue weighted by Gasteiger charge is 2.47. The van der Waals surface area contributed by atoms with Gasteiger partial charge in [0.05, 0.1) is 5.69 Å². The van der Waals surface area contributed by atoms with Crippen LogP contribution in [-0.2, 0) is 21.7 Å². The van der Waals surface area contributed by atoms with Gasteiger partial charge in [0, 0.05) is 60.7 Å². The predicted octanol–water partition coefficient (Wildman–Crippen LogP) is 18.1. The van der Waals surface area contributed by atoms with Gasteiger partial charge in [-0.2, -0.15) is 0 Å². The van der Waals surface area contributed by atoms with Gasteiger partial charge in [0.2, 0.25) is 0 Å². The van der Waals surface area contributed by atoms with Crippen molar-refractivity contribution in [2.75, 3.05) is 14.7 Å². The Morgan fingerprint density at radius 2 is 0.811 bits per heavy atom. The van der Waals surface area contributed by atoms with Gasteiger partial charge in [-0.1, -0.05) is 198 Å². The Bertz CT molecular complexity index is 3450. The Morgan fingerprint density at radius 1 is 0.405 bits per heavy atom. The fraction of sp³-hybridized carbons (Fsp3) is 0.246. The molecule has 2 aliphatic rings. The Kier molecular flexibility index (Phi) is 12.0. The highest BCUT2D eigenvalue weighted by Crippen LogP contribution is 2.53. The monoisotopic (exact) mass is 984 g/mol. The van der Waals surface area contributed by atoms with Crippen LogP contribution in [0.2, 0.25) is 0 Å². The summed E-state index contributed by atoms with van der Waals surface area (Å²) in [6.45, 7) is 29.8. The lowest BCUT2D eigenvalue weighted by molar-refractivity contribution is 0.590. The van der Waals surface area contributed by atoms with E-state index in [1.54, 1.807) is 0 Å². The van der Waals surface area contributed by atoms with Crippen LogP contribution >= 0.6 is 11.3 Å². The standard InChI is InChI=1S/C69H70BN3S/c1-45-42-59-62-60(43-45)73(55-38-30-51(31-39-55)69(11,12)13)63-61(46-20-16-14-17-21-46)64(47-22-18-15-19-23-47)74-65(63)70(62)57-41-40-56(44-58(57)72(59)54-36-28-50(29-37-54)68(8,9)10)71(52-32-24-48(25-33-52)66(2,3)4)53-34-26-49(27-35-53)67(5,6)7/h14-44H,1-13H3. The summed E-state index contributed by atoms with van der Waals surface area (Å²) in [4.78, 5) is 8.93. The third kappa shape index (κ3) is 8.77. The van der Waals surface area contributed by atoms with Crippen molar-refractivity contribution in [1.29, 1.82) is 0 Å². The second-order valence-corrected chi connectivity index (χ2v) is 25.9. The molecule has 11 rings (SSSR count). The Balaban J connectivity index is 1.22. The highest BCUT2D eigenvalue weighted by molar-refractivity contribution is 7.31. The van der Waals surface area contributed by atoms with E-state index in [9.17, 15) is 0 Å². The van der Waals surface area contributed by atoms with Crippen LogP contribution in [0, 0.1) is 6.92 Å². The quantitative estimate of drug-likeness (QED) is 0.147. The molecule has 74 heavy (non-hydrogen) atoms. The molecular formula is C69H70BN3S. The van der Waals surface area contributed by atoms with Crippen LogP contribution in [0.15, 0.2) is 188 Å². The van der Waals surface area contributed by atoms with Crippen molar-refractivity contribution in [3.63, 3.8) is 0 Å². The molecule has 0 N–H and O–H groups in total. The van der Waals surface area contributed by atoms with Gasteiger partial charge < -0.3 is 14.7 Å². The summed E-state index contributed by atoms with van der Waals surface area (Å²) < 4.78 is 1.35. The number of anilines is 9. The number of thiophene rings is 1. The average Bonchev–Trinajstić information content (AvgIpc) is 3.77. The van der Waals surface area contributed by atoms with Crippen LogP contribution in [0.4, 0.5) is 51.2 Å². The van der Waals surface area contributed by atoms with Gasteiger partial charge >= 0.3 is 0 Å². The van der Waals surface area contributed by atoms with Crippen molar-refractivity contribution in [3.05, 3.63) is 216 Å². The van der Waals surface area contributed by atoms with Crippen LogP contribution in [0.1, 0.15) is 111 Å². The molecule has 8 aromatic carbocycles. The molecule has 0 saturated carbocycles. The molecule has 5 heteroatoms. The van der Waals surface area contributed by atoms with Crippen molar-refractivity contribution in [3.8, 4) is 21.6 Å². The minimum Gasteiger partial charge on any atom is -0.311 e. The lowest BCUT2D eigenvalue weighted by Crippen LogP contribution is -2.60. The number of aryl methyl sites for hydroxylation is 1. The molecule has 0 atom stereocenters. The first kappa shape index (κ1) is 49.2. The maximum atomic E-state index is 2.61. The van der Waals surface area contributed by atoms with Gasteiger partial charge in [-0.25, -0.2) is 0 Å². The molecule has 0 fully saturated rings. The van der Waals surface area contributed by atoms with Crippen molar-refractivity contribution in [1.82, 2.24) is 0 Å². The smallest absolute Gasteiger partial charge is 0.264 e. The van der Waals surface area contributed by atoms with E-state index in [4.69, 9.17) is 0 Å². The van der Waals surface area contributed by atoms with Crippen molar-refractivity contribution in [2.24, 2.45) is 0 Å². The van der Waals surface area contributed by atoms with E-state index in [1.807, 2.05) is 11.3 Å². The summed E-state index contributed by atoms with van der Waals surface area (Å²) in [5.74, 6) is 0. The van der Waals surface area contributed by atoms with Gasteiger partial charge in [-0.05, 0) is 151 Å². The maximum absolute atomic E-state index is 2.61. The molecule has 2 aliphatic heterocycles. The van der Waals surface area contributed by atoms with E-state index in [1.165, 1.54) is 87.8 Å². The number of nitrogens with zero attached hydrogens (tertiary/aromatic N) is 3. The molecule has 3 nitrogen and oxygen atoms in total. The molecule has 0 radical (unpaired) electrons. The third-order valence-electron chi connectivity index (χ3n) is 15.3.